The normalized spacial score (nSPS) is 10.7. The smallest absolute Gasteiger partial charge is 0.329 e. The van der Waals surface area contributed by atoms with Gasteiger partial charge in [0, 0.05) is 13.1 Å². The van der Waals surface area contributed by atoms with Crippen LogP contribution in [0.3, 0.4) is 0 Å². The molecule has 0 fully saturated rings. The largest absolute Gasteiger partial charge is 0.508 e. The van der Waals surface area contributed by atoms with Crippen molar-refractivity contribution in [3.05, 3.63) is 28.7 Å². The molecule has 0 amide bonds. The minimum Gasteiger partial charge on any atom is -0.508 e. The number of imidazole rings is 1. The number of rotatable bonds is 2. The first kappa shape index (κ1) is 9.51. The van der Waals surface area contributed by atoms with Crippen LogP contribution in [0.4, 0.5) is 0 Å². The molecule has 0 saturated heterocycles. The Bertz CT molecular complexity index is 580. The van der Waals surface area contributed by atoms with Gasteiger partial charge in [0.25, 0.3) is 0 Å². The number of fused-ring (bicyclic) bond motifs is 1. The highest BCUT2D eigenvalue weighted by molar-refractivity contribution is 5.78. The van der Waals surface area contributed by atoms with E-state index in [9.17, 15) is 14.7 Å². The number of benzene rings is 1. The van der Waals surface area contributed by atoms with Gasteiger partial charge in [-0.05, 0) is 12.1 Å². The molecule has 2 aromatic rings. The van der Waals surface area contributed by atoms with Gasteiger partial charge in [0.05, 0.1) is 17.6 Å². The Morgan fingerprint density at radius 3 is 2.80 bits per heavy atom. The molecular formula is C10H10N2O3. The molecule has 0 aliphatic rings. The number of nitrogens with zero attached hydrogens (tertiary/aromatic N) is 2. The summed E-state index contributed by atoms with van der Waals surface area (Å²) in [7, 11) is 1.63. The van der Waals surface area contributed by atoms with Crippen molar-refractivity contribution >= 4 is 17.3 Å². The van der Waals surface area contributed by atoms with E-state index in [1.54, 1.807) is 13.1 Å². The topological polar surface area (TPSA) is 64.2 Å². The van der Waals surface area contributed by atoms with Gasteiger partial charge in [-0.2, -0.15) is 0 Å². The van der Waals surface area contributed by atoms with E-state index in [1.165, 1.54) is 21.3 Å². The van der Waals surface area contributed by atoms with Crippen LogP contribution in [-0.2, 0) is 18.4 Å². The minimum absolute atomic E-state index is 0.000370. The van der Waals surface area contributed by atoms with Crippen molar-refractivity contribution in [1.82, 2.24) is 9.13 Å². The fourth-order valence-corrected chi connectivity index (χ4v) is 1.65. The van der Waals surface area contributed by atoms with E-state index in [1.807, 2.05) is 0 Å². The summed E-state index contributed by atoms with van der Waals surface area (Å²) in [4.78, 5) is 22.1. The van der Waals surface area contributed by atoms with Gasteiger partial charge in [-0.1, -0.05) is 0 Å². The van der Waals surface area contributed by atoms with Crippen molar-refractivity contribution < 1.29 is 9.90 Å². The summed E-state index contributed by atoms with van der Waals surface area (Å²) in [6.07, 6.45) is 0.658. The molecule has 2 rings (SSSR count). The van der Waals surface area contributed by atoms with Crippen LogP contribution in [0.25, 0.3) is 11.0 Å². The second-order valence-electron chi connectivity index (χ2n) is 3.29. The molecule has 78 valence electrons. The molecule has 15 heavy (non-hydrogen) atoms. The van der Waals surface area contributed by atoms with Gasteiger partial charge >= 0.3 is 5.69 Å². The number of aromatic nitrogens is 2. The highest BCUT2D eigenvalue weighted by Crippen LogP contribution is 2.18. The summed E-state index contributed by atoms with van der Waals surface area (Å²) in [5.74, 6) is 0.0766. The maximum Gasteiger partial charge on any atom is 0.329 e. The molecule has 1 aromatic carbocycles. The van der Waals surface area contributed by atoms with Gasteiger partial charge in [-0.3, -0.25) is 9.13 Å². The highest BCUT2D eigenvalue weighted by Gasteiger charge is 2.10. The Balaban J connectivity index is 2.88. The summed E-state index contributed by atoms with van der Waals surface area (Å²) in [6, 6.07) is 4.63. The van der Waals surface area contributed by atoms with E-state index in [-0.39, 0.29) is 18.0 Å². The third-order valence-electron chi connectivity index (χ3n) is 2.39. The number of aldehydes is 1. The summed E-state index contributed by atoms with van der Waals surface area (Å²) in [5, 5.41) is 9.31. The lowest BCUT2D eigenvalue weighted by Crippen LogP contribution is -2.22. The number of hydrogen-bond acceptors (Lipinski definition) is 3. The second kappa shape index (κ2) is 3.27. The predicted molar refractivity (Wildman–Crippen MR) is 54.9 cm³/mol. The van der Waals surface area contributed by atoms with Crippen LogP contribution in [0.15, 0.2) is 23.0 Å². The second-order valence-corrected chi connectivity index (χ2v) is 3.29. The lowest BCUT2D eigenvalue weighted by molar-refractivity contribution is -0.108. The Labute approximate surface area is 85.2 Å². The van der Waals surface area contributed by atoms with Gasteiger partial charge in [-0.25, -0.2) is 4.79 Å². The lowest BCUT2D eigenvalue weighted by atomic mass is 10.3. The first-order chi connectivity index (χ1) is 7.15. The fraction of sp³-hybridized carbons (Fsp3) is 0.200. The molecule has 0 atom stereocenters. The van der Waals surface area contributed by atoms with Gasteiger partial charge in [-0.15, -0.1) is 0 Å². The Morgan fingerprint density at radius 1 is 1.40 bits per heavy atom. The third-order valence-corrected chi connectivity index (χ3v) is 2.39. The van der Waals surface area contributed by atoms with Crippen molar-refractivity contribution in [3.63, 3.8) is 0 Å². The molecule has 0 spiro atoms. The zero-order valence-corrected chi connectivity index (χ0v) is 8.17. The van der Waals surface area contributed by atoms with Crippen molar-refractivity contribution in [2.24, 2.45) is 7.05 Å². The molecule has 1 aromatic heterocycles. The van der Waals surface area contributed by atoms with E-state index in [4.69, 9.17) is 0 Å². The Morgan fingerprint density at radius 2 is 2.13 bits per heavy atom. The monoisotopic (exact) mass is 206 g/mol. The number of phenolic OH excluding ortho intramolecular Hbond substituents is 1. The number of aryl methyl sites for hydroxylation is 1. The fourth-order valence-electron chi connectivity index (χ4n) is 1.65. The van der Waals surface area contributed by atoms with Crippen LogP contribution < -0.4 is 5.69 Å². The molecule has 5 nitrogen and oxygen atoms in total. The summed E-state index contributed by atoms with van der Waals surface area (Å²) in [5.41, 5.74) is 0.997. The zero-order chi connectivity index (χ0) is 11.0. The molecule has 0 saturated carbocycles. The van der Waals surface area contributed by atoms with Gasteiger partial charge < -0.3 is 9.90 Å². The van der Waals surface area contributed by atoms with Crippen molar-refractivity contribution in [3.8, 4) is 5.75 Å². The van der Waals surface area contributed by atoms with Crippen molar-refractivity contribution in [2.75, 3.05) is 0 Å². The highest BCUT2D eigenvalue weighted by atomic mass is 16.3. The number of hydrogen-bond donors (Lipinski definition) is 1. The van der Waals surface area contributed by atoms with E-state index in [0.29, 0.717) is 17.3 Å². The summed E-state index contributed by atoms with van der Waals surface area (Å²) >= 11 is 0. The van der Waals surface area contributed by atoms with Gasteiger partial charge in [0.2, 0.25) is 0 Å². The first-order valence-corrected chi connectivity index (χ1v) is 4.47. The molecule has 0 unspecified atom stereocenters. The summed E-state index contributed by atoms with van der Waals surface area (Å²) in [6.45, 7) is -0.000370. The third kappa shape index (κ3) is 1.32. The number of carbonyl (C=O) groups excluding carboxylic acids is 1. The minimum atomic E-state index is -0.261. The van der Waals surface area contributed by atoms with Crippen LogP contribution in [0, 0.1) is 0 Å². The molecule has 1 N–H and O–H groups in total. The number of phenols is 1. The molecule has 0 bridgehead atoms. The quantitative estimate of drug-likeness (QED) is 0.716. The number of aromatic hydroxyl groups is 1. The zero-order valence-electron chi connectivity index (χ0n) is 8.17. The van der Waals surface area contributed by atoms with Crippen molar-refractivity contribution in [1.29, 1.82) is 0 Å². The first-order valence-electron chi connectivity index (χ1n) is 4.47. The molecule has 1 heterocycles. The van der Waals surface area contributed by atoms with Crippen LogP contribution in [0.1, 0.15) is 0 Å². The predicted octanol–water partition coefficient (Wildman–Crippen LogP) is 0.244. The molecule has 5 heteroatoms. The molecule has 0 aliphatic heterocycles. The van der Waals surface area contributed by atoms with Gasteiger partial charge in [0.15, 0.2) is 0 Å². The Hall–Kier alpha value is -2.04. The van der Waals surface area contributed by atoms with Crippen LogP contribution >= 0.6 is 0 Å². The van der Waals surface area contributed by atoms with E-state index in [0.717, 1.165) is 0 Å². The Kier molecular flexibility index (Phi) is 2.07. The summed E-state index contributed by atoms with van der Waals surface area (Å²) < 4.78 is 2.76. The van der Waals surface area contributed by atoms with E-state index in [2.05, 4.69) is 0 Å². The average Bonchev–Trinajstić information content (AvgIpc) is 2.44. The average molecular weight is 206 g/mol. The number of carbonyl (C=O) groups is 1. The van der Waals surface area contributed by atoms with Gasteiger partial charge in [0.1, 0.15) is 12.0 Å². The maximum atomic E-state index is 11.7. The molecule has 0 radical (unpaired) electrons. The van der Waals surface area contributed by atoms with Crippen LogP contribution in [0.2, 0.25) is 0 Å². The standard InChI is InChI=1S/C10H10N2O3/c1-11-8-3-2-7(14)6-9(8)12(4-5-13)10(11)15/h2-3,5-6,14H,4H2,1H3. The van der Waals surface area contributed by atoms with Crippen molar-refractivity contribution in [2.45, 2.75) is 6.54 Å². The van der Waals surface area contributed by atoms with E-state index < -0.39 is 0 Å². The van der Waals surface area contributed by atoms with Crippen LogP contribution in [-0.4, -0.2) is 20.5 Å². The van der Waals surface area contributed by atoms with Crippen LogP contribution in [0.5, 0.6) is 5.75 Å². The lowest BCUT2D eigenvalue weighted by Gasteiger charge is -1.97. The molecule has 0 aliphatic carbocycles. The van der Waals surface area contributed by atoms with E-state index >= 15 is 0 Å². The molecular weight excluding hydrogens is 196 g/mol. The maximum absolute atomic E-state index is 11.7. The SMILES string of the molecule is Cn1c(=O)n(CC=O)c2cc(O)ccc21.